The van der Waals surface area contributed by atoms with Crippen LogP contribution in [0.15, 0.2) is 47.5 Å². The smallest absolute Gasteiger partial charge is 0.347 e. The van der Waals surface area contributed by atoms with Crippen molar-refractivity contribution in [1.29, 1.82) is 0 Å². The predicted molar refractivity (Wildman–Crippen MR) is 72.1 cm³/mol. The fraction of sp³-hybridized carbons (Fsp3) is 0.154. The number of hydrazine groups is 1. The molecule has 2 aromatic rings. The molecule has 0 unspecified atom stereocenters. The lowest BCUT2D eigenvalue weighted by molar-refractivity contribution is 0.0953. The van der Waals surface area contributed by atoms with Gasteiger partial charge in [0.15, 0.2) is 0 Å². The Bertz CT molecular complexity index is 637. The summed E-state index contributed by atoms with van der Waals surface area (Å²) in [6.45, 7) is 0.728. The molecular formula is C13H14N4O3. The first-order valence-corrected chi connectivity index (χ1v) is 5.96. The molecule has 0 saturated carbocycles. The summed E-state index contributed by atoms with van der Waals surface area (Å²) in [5, 5.41) is 0. The Morgan fingerprint density at radius 3 is 2.75 bits per heavy atom. The topological polar surface area (TPSA) is 99.2 Å². The maximum absolute atomic E-state index is 11.4. The highest BCUT2D eigenvalue weighted by molar-refractivity contribution is 5.93. The van der Waals surface area contributed by atoms with E-state index in [2.05, 4.69) is 4.98 Å². The van der Waals surface area contributed by atoms with E-state index in [9.17, 15) is 9.59 Å². The molecule has 0 atom stereocenters. The SMILES string of the molecule is NNC(=O)c1ccc(OCCn2cccnc2=O)cc1. The van der Waals surface area contributed by atoms with E-state index in [1.54, 1.807) is 36.5 Å². The van der Waals surface area contributed by atoms with Crippen molar-refractivity contribution in [3.8, 4) is 5.75 Å². The quantitative estimate of drug-likeness (QED) is 0.451. The number of ether oxygens (including phenoxy) is 1. The second-order valence-corrected chi connectivity index (χ2v) is 3.94. The molecule has 0 saturated heterocycles. The number of nitrogens with one attached hydrogen (secondary N) is 1. The van der Waals surface area contributed by atoms with Crippen molar-refractivity contribution in [2.75, 3.05) is 6.61 Å². The molecule has 0 aliphatic rings. The Hall–Kier alpha value is -2.67. The summed E-state index contributed by atoms with van der Waals surface area (Å²) in [5.74, 6) is 5.28. The molecule has 0 spiro atoms. The van der Waals surface area contributed by atoms with Crippen LogP contribution in [-0.2, 0) is 6.54 Å². The number of hydrogen-bond acceptors (Lipinski definition) is 5. The minimum Gasteiger partial charge on any atom is -0.492 e. The lowest BCUT2D eigenvalue weighted by Crippen LogP contribution is -2.29. The molecule has 1 amide bonds. The average molecular weight is 274 g/mol. The molecule has 0 bridgehead atoms. The van der Waals surface area contributed by atoms with Crippen molar-refractivity contribution in [1.82, 2.24) is 15.0 Å². The lowest BCUT2D eigenvalue weighted by atomic mass is 10.2. The normalized spacial score (nSPS) is 10.1. The average Bonchev–Trinajstić information content (AvgIpc) is 2.49. The van der Waals surface area contributed by atoms with Crippen LogP contribution < -0.4 is 21.7 Å². The molecule has 104 valence electrons. The van der Waals surface area contributed by atoms with Crippen LogP contribution in [0.25, 0.3) is 0 Å². The molecule has 0 aliphatic carbocycles. The van der Waals surface area contributed by atoms with E-state index in [0.717, 1.165) is 0 Å². The van der Waals surface area contributed by atoms with Crippen molar-refractivity contribution >= 4 is 5.91 Å². The van der Waals surface area contributed by atoms with Gasteiger partial charge in [-0.1, -0.05) is 0 Å². The van der Waals surface area contributed by atoms with Gasteiger partial charge in [0, 0.05) is 18.0 Å². The Labute approximate surface area is 115 Å². The number of aromatic nitrogens is 2. The molecule has 0 radical (unpaired) electrons. The van der Waals surface area contributed by atoms with E-state index in [1.807, 2.05) is 5.43 Å². The summed E-state index contributed by atoms with van der Waals surface area (Å²) in [6, 6.07) is 8.22. The first-order valence-electron chi connectivity index (χ1n) is 5.96. The van der Waals surface area contributed by atoms with Gasteiger partial charge in [0.05, 0.1) is 6.54 Å². The van der Waals surface area contributed by atoms with E-state index in [0.29, 0.717) is 24.5 Å². The standard InChI is InChI=1S/C13H14N4O3/c14-16-12(18)10-2-4-11(5-3-10)20-9-8-17-7-1-6-15-13(17)19/h1-7H,8-9,14H2,(H,16,18). The van der Waals surface area contributed by atoms with Crippen molar-refractivity contribution in [3.63, 3.8) is 0 Å². The van der Waals surface area contributed by atoms with Crippen molar-refractivity contribution in [3.05, 3.63) is 58.8 Å². The van der Waals surface area contributed by atoms with Crippen LogP contribution in [0.1, 0.15) is 10.4 Å². The zero-order valence-corrected chi connectivity index (χ0v) is 10.7. The van der Waals surface area contributed by atoms with Crippen molar-refractivity contribution in [2.24, 2.45) is 5.84 Å². The molecule has 1 aromatic carbocycles. The Morgan fingerprint density at radius 1 is 1.35 bits per heavy atom. The second-order valence-electron chi connectivity index (χ2n) is 3.94. The van der Waals surface area contributed by atoms with Crippen LogP contribution in [-0.4, -0.2) is 22.1 Å². The number of amides is 1. The van der Waals surface area contributed by atoms with E-state index in [1.165, 1.54) is 10.8 Å². The highest BCUT2D eigenvalue weighted by atomic mass is 16.5. The summed E-state index contributed by atoms with van der Waals surface area (Å²) < 4.78 is 6.94. The molecule has 1 heterocycles. The Kier molecular flexibility index (Phi) is 4.46. The Balaban J connectivity index is 1.90. The van der Waals surface area contributed by atoms with Crippen molar-refractivity contribution in [2.45, 2.75) is 6.54 Å². The first-order chi connectivity index (χ1) is 9.70. The summed E-state index contributed by atoms with van der Waals surface area (Å²) in [5.41, 5.74) is 2.18. The highest BCUT2D eigenvalue weighted by Gasteiger charge is 2.03. The maximum Gasteiger partial charge on any atom is 0.347 e. The van der Waals surface area contributed by atoms with Gasteiger partial charge in [-0.15, -0.1) is 0 Å². The molecule has 0 aliphatic heterocycles. The van der Waals surface area contributed by atoms with Gasteiger partial charge in [0.25, 0.3) is 5.91 Å². The number of nitrogens with two attached hydrogens (primary N) is 1. The minimum absolute atomic E-state index is 0.314. The third-order valence-electron chi connectivity index (χ3n) is 2.63. The number of carbonyl (C=O) groups excluding carboxylic acids is 1. The molecule has 20 heavy (non-hydrogen) atoms. The molecular weight excluding hydrogens is 260 g/mol. The first kappa shape index (κ1) is 13.8. The van der Waals surface area contributed by atoms with Crippen LogP contribution in [0.5, 0.6) is 5.75 Å². The fourth-order valence-electron chi connectivity index (χ4n) is 1.60. The zero-order valence-electron chi connectivity index (χ0n) is 10.7. The van der Waals surface area contributed by atoms with E-state index >= 15 is 0 Å². The van der Waals surface area contributed by atoms with Gasteiger partial charge in [0.2, 0.25) is 0 Å². The van der Waals surface area contributed by atoms with E-state index in [4.69, 9.17) is 10.6 Å². The van der Waals surface area contributed by atoms with Crippen LogP contribution in [0.2, 0.25) is 0 Å². The molecule has 7 heteroatoms. The highest BCUT2D eigenvalue weighted by Crippen LogP contribution is 2.11. The van der Waals surface area contributed by atoms with Crippen LogP contribution in [0.3, 0.4) is 0 Å². The summed E-state index contributed by atoms with van der Waals surface area (Å²) in [6.07, 6.45) is 3.09. The van der Waals surface area contributed by atoms with Crippen LogP contribution in [0, 0.1) is 0 Å². The van der Waals surface area contributed by atoms with Crippen LogP contribution >= 0.6 is 0 Å². The van der Waals surface area contributed by atoms with Crippen LogP contribution in [0.4, 0.5) is 0 Å². The van der Waals surface area contributed by atoms with E-state index in [-0.39, 0.29) is 11.6 Å². The third kappa shape index (κ3) is 3.42. The van der Waals surface area contributed by atoms with Gasteiger partial charge < -0.3 is 4.74 Å². The molecule has 1 aromatic heterocycles. The minimum atomic E-state index is -0.363. The number of carbonyl (C=O) groups is 1. The van der Waals surface area contributed by atoms with Gasteiger partial charge in [-0.05, 0) is 30.3 Å². The number of nitrogens with zero attached hydrogens (tertiary/aromatic N) is 2. The maximum atomic E-state index is 11.4. The van der Waals surface area contributed by atoms with Gasteiger partial charge in [-0.3, -0.25) is 14.8 Å². The fourth-order valence-corrected chi connectivity index (χ4v) is 1.60. The summed E-state index contributed by atoms with van der Waals surface area (Å²) in [4.78, 5) is 26.2. The van der Waals surface area contributed by atoms with E-state index < -0.39 is 0 Å². The molecule has 2 rings (SSSR count). The number of nitrogen functional groups attached to an aromatic ring is 1. The largest absolute Gasteiger partial charge is 0.492 e. The predicted octanol–water partition coefficient (Wildman–Crippen LogP) is -0.0742. The van der Waals surface area contributed by atoms with Gasteiger partial charge >= 0.3 is 5.69 Å². The van der Waals surface area contributed by atoms with Gasteiger partial charge in [-0.2, -0.15) is 0 Å². The summed E-state index contributed by atoms with van der Waals surface area (Å²) in [7, 11) is 0. The Morgan fingerprint density at radius 2 is 2.10 bits per heavy atom. The third-order valence-corrected chi connectivity index (χ3v) is 2.63. The second kappa shape index (κ2) is 6.48. The molecule has 7 nitrogen and oxygen atoms in total. The molecule has 0 fully saturated rings. The monoisotopic (exact) mass is 274 g/mol. The number of rotatable bonds is 5. The van der Waals surface area contributed by atoms with Gasteiger partial charge in [-0.25, -0.2) is 15.6 Å². The number of benzene rings is 1. The lowest BCUT2D eigenvalue weighted by Gasteiger charge is -2.08. The van der Waals surface area contributed by atoms with Gasteiger partial charge in [0.1, 0.15) is 12.4 Å². The van der Waals surface area contributed by atoms with Crippen molar-refractivity contribution < 1.29 is 9.53 Å². The zero-order chi connectivity index (χ0) is 14.4. The summed E-state index contributed by atoms with van der Waals surface area (Å²) >= 11 is 0. The molecule has 3 N–H and O–H groups in total. The number of hydrogen-bond donors (Lipinski definition) is 2.